The van der Waals surface area contributed by atoms with Gasteiger partial charge in [-0.05, 0) is 50.2 Å². The van der Waals surface area contributed by atoms with Crippen molar-refractivity contribution in [2.24, 2.45) is 5.92 Å². The Hall–Kier alpha value is -1.97. The predicted molar refractivity (Wildman–Crippen MR) is 142 cm³/mol. The molecular weight excluding hydrogens is 506 g/mol. The number of carbonyl (C=O) groups excluding carboxylic acids is 2. The highest BCUT2D eigenvalue weighted by Gasteiger charge is 2.47. The molecule has 0 aromatic heterocycles. The van der Waals surface area contributed by atoms with Crippen LogP contribution in [0.4, 0.5) is 10.1 Å². The number of ether oxygens (including phenoxy) is 1. The summed E-state index contributed by atoms with van der Waals surface area (Å²) in [5.74, 6) is -1.71. The number of rotatable bonds is 11. The molecule has 10 heteroatoms. The van der Waals surface area contributed by atoms with Gasteiger partial charge in [0.25, 0.3) is 0 Å². The van der Waals surface area contributed by atoms with Gasteiger partial charge in [-0.1, -0.05) is 29.8 Å². The molecule has 1 aromatic rings. The Kier molecular flexibility index (Phi) is 11.2. The van der Waals surface area contributed by atoms with E-state index in [-0.39, 0.29) is 17.7 Å². The summed E-state index contributed by atoms with van der Waals surface area (Å²) < 4.78 is 20.5. The molecule has 0 radical (unpaired) electrons. The number of morpholine rings is 1. The van der Waals surface area contributed by atoms with Gasteiger partial charge >= 0.3 is 0 Å². The fourth-order valence-electron chi connectivity index (χ4n) is 5.20. The lowest BCUT2D eigenvalue weighted by Gasteiger charge is -2.29. The first-order valence-corrected chi connectivity index (χ1v) is 13.2. The molecular formula is C26H35Cl2FN4O3. The molecule has 36 heavy (non-hydrogen) atoms. The molecule has 0 aliphatic carbocycles. The summed E-state index contributed by atoms with van der Waals surface area (Å²) in [7, 11) is 1.86. The van der Waals surface area contributed by atoms with Crippen LogP contribution in [-0.2, 0) is 14.3 Å². The summed E-state index contributed by atoms with van der Waals surface area (Å²) in [5, 5.41) is 6.24. The van der Waals surface area contributed by atoms with E-state index in [1.807, 2.05) is 18.0 Å². The molecule has 2 saturated heterocycles. The van der Waals surface area contributed by atoms with E-state index in [4.69, 9.17) is 27.9 Å². The van der Waals surface area contributed by atoms with E-state index in [0.29, 0.717) is 35.8 Å². The van der Waals surface area contributed by atoms with E-state index in [0.717, 1.165) is 44.8 Å². The normalized spacial score (nSPS) is 24.1. The first-order valence-electron chi connectivity index (χ1n) is 12.3. The number of amides is 2. The largest absolute Gasteiger partial charge is 0.379 e. The van der Waals surface area contributed by atoms with E-state index < -0.39 is 17.8 Å². The number of alkyl halides is 1. The van der Waals surface area contributed by atoms with Crippen LogP contribution in [0.1, 0.15) is 24.8 Å². The van der Waals surface area contributed by atoms with Crippen LogP contribution >= 0.6 is 23.2 Å². The van der Waals surface area contributed by atoms with E-state index >= 15 is 4.39 Å². The average Bonchev–Trinajstić information content (AvgIpc) is 3.21. The molecule has 0 spiro atoms. The Bertz CT molecular complexity index is 969. The van der Waals surface area contributed by atoms with Gasteiger partial charge in [-0.15, -0.1) is 11.6 Å². The van der Waals surface area contributed by atoms with Crippen LogP contribution in [0.2, 0.25) is 5.02 Å². The van der Waals surface area contributed by atoms with Crippen LogP contribution in [-0.4, -0.2) is 87.0 Å². The number of carbonyl (C=O) groups is 2. The Morgan fingerprint density at radius 1 is 1.31 bits per heavy atom. The zero-order valence-corrected chi connectivity index (χ0v) is 22.3. The zero-order chi connectivity index (χ0) is 26.1. The molecule has 2 amide bonds. The summed E-state index contributed by atoms with van der Waals surface area (Å²) in [5.41, 5.74) is 1.72. The second-order valence-corrected chi connectivity index (χ2v) is 9.81. The third kappa shape index (κ3) is 7.07. The lowest BCUT2D eigenvalue weighted by Crippen LogP contribution is -2.46. The van der Waals surface area contributed by atoms with Crippen molar-refractivity contribution in [2.45, 2.75) is 25.3 Å². The van der Waals surface area contributed by atoms with Gasteiger partial charge < -0.3 is 15.4 Å². The molecule has 2 heterocycles. The summed E-state index contributed by atoms with van der Waals surface area (Å²) in [4.78, 5) is 29.0. The lowest BCUT2D eigenvalue weighted by atomic mass is 9.78. The smallest absolute Gasteiger partial charge is 0.238 e. The highest BCUT2D eigenvalue weighted by atomic mass is 35.5. The van der Waals surface area contributed by atoms with E-state index in [1.54, 1.807) is 31.2 Å². The number of benzene rings is 1. The van der Waals surface area contributed by atoms with Gasteiger partial charge in [-0.25, -0.2) is 4.39 Å². The van der Waals surface area contributed by atoms with Crippen molar-refractivity contribution < 1.29 is 18.7 Å². The van der Waals surface area contributed by atoms with Crippen LogP contribution in [0.3, 0.4) is 0 Å². The Balaban J connectivity index is 1.87. The Morgan fingerprint density at radius 2 is 2.06 bits per heavy atom. The maximum atomic E-state index is 15.2. The van der Waals surface area contributed by atoms with Gasteiger partial charge in [0.05, 0.1) is 25.1 Å². The van der Waals surface area contributed by atoms with Crippen LogP contribution in [0.5, 0.6) is 0 Å². The first-order chi connectivity index (χ1) is 17.4. The molecule has 0 saturated carbocycles. The monoisotopic (exact) mass is 540 g/mol. The van der Waals surface area contributed by atoms with Gasteiger partial charge in [0, 0.05) is 48.7 Å². The number of allylic oxidation sites excluding steroid dienone is 3. The molecule has 2 aliphatic rings. The minimum Gasteiger partial charge on any atom is -0.379 e. The third-order valence-electron chi connectivity index (χ3n) is 6.82. The van der Waals surface area contributed by atoms with Gasteiger partial charge in [-0.2, -0.15) is 0 Å². The highest BCUT2D eigenvalue weighted by molar-refractivity contribution is 6.31. The molecule has 0 bridgehead atoms. The van der Waals surface area contributed by atoms with Crippen molar-refractivity contribution in [3.63, 3.8) is 0 Å². The number of likely N-dealkylation sites (tertiary alicyclic amines) is 1. The lowest BCUT2D eigenvalue weighted by molar-refractivity contribution is -0.125. The average molecular weight is 541 g/mol. The maximum Gasteiger partial charge on any atom is 0.238 e. The molecule has 2 aliphatic heterocycles. The zero-order valence-electron chi connectivity index (χ0n) is 20.8. The van der Waals surface area contributed by atoms with E-state index in [9.17, 15) is 9.59 Å². The van der Waals surface area contributed by atoms with Crippen molar-refractivity contribution in [2.75, 3.05) is 64.2 Å². The third-order valence-corrected chi connectivity index (χ3v) is 7.29. The second kappa shape index (κ2) is 14.1. The molecule has 3 atom stereocenters. The van der Waals surface area contributed by atoms with Gasteiger partial charge in [0.1, 0.15) is 5.83 Å². The summed E-state index contributed by atoms with van der Waals surface area (Å²) in [6.45, 7) is 6.97. The van der Waals surface area contributed by atoms with Gasteiger partial charge in [0.15, 0.2) is 0 Å². The number of hydrogen-bond donors (Lipinski definition) is 2. The van der Waals surface area contributed by atoms with Crippen LogP contribution in [0.15, 0.2) is 41.8 Å². The molecule has 1 aromatic carbocycles. The topological polar surface area (TPSA) is 73.9 Å². The fraction of sp³-hybridized carbons (Fsp3) is 0.538. The number of anilines is 1. The quantitative estimate of drug-likeness (QED) is 0.193. The van der Waals surface area contributed by atoms with Crippen molar-refractivity contribution in [1.82, 2.24) is 15.1 Å². The molecule has 2 fully saturated rings. The van der Waals surface area contributed by atoms with Crippen molar-refractivity contribution >= 4 is 41.2 Å². The minimum atomic E-state index is -0.613. The highest BCUT2D eigenvalue weighted by Crippen LogP contribution is 2.45. The number of hydrogen-bond acceptors (Lipinski definition) is 5. The van der Waals surface area contributed by atoms with Crippen molar-refractivity contribution in [3.8, 4) is 0 Å². The number of likely N-dealkylation sites (N-methyl/N-ethyl adjacent to an activating group) is 1. The minimum absolute atomic E-state index is 0.157. The fourth-order valence-corrected chi connectivity index (χ4v) is 5.52. The summed E-state index contributed by atoms with van der Waals surface area (Å²) in [6, 6.07) is 4.62. The van der Waals surface area contributed by atoms with Crippen LogP contribution < -0.4 is 10.6 Å². The Labute approximate surface area is 222 Å². The standard InChI is InChI=1S/C26H35Cl2FN4O3/c1-3-5-20(22(29)15-27)24-21(19-7-6-18(28)14-23(19)31-17-34)16-32(2)25(24)26(35)30-8-4-9-33-10-12-36-13-11-33/h3,5-7,14,17,21,24-25H,4,8-13,15-16H2,1-2H3,(H,30,35)(H,31,34)/b5-3-,22-20-. The number of halogens is 3. The van der Waals surface area contributed by atoms with Crippen molar-refractivity contribution in [3.05, 3.63) is 52.3 Å². The Morgan fingerprint density at radius 3 is 2.72 bits per heavy atom. The van der Waals surface area contributed by atoms with Crippen molar-refractivity contribution in [1.29, 1.82) is 0 Å². The van der Waals surface area contributed by atoms with Gasteiger partial charge in [0.2, 0.25) is 12.3 Å². The van der Waals surface area contributed by atoms with Gasteiger partial charge in [-0.3, -0.25) is 19.4 Å². The first kappa shape index (κ1) is 28.6. The SMILES string of the molecule is C/C=C\C(=C(\F)CCl)C1C(c2ccc(Cl)cc2NC=O)CN(C)C1C(=O)NCCCN1CCOCC1. The molecule has 3 unspecified atom stereocenters. The molecule has 7 nitrogen and oxygen atoms in total. The number of nitrogens with one attached hydrogen (secondary N) is 2. The molecule has 3 rings (SSSR count). The number of nitrogens with zero attached hydrogens (tertiary/aromatic N) is 2. The molecule has 198 valence electrons. The second-order valence-electron chi connectivity index (χ2n) is 9.10. The van der Waals surface area contributed by atoms with Crippen LogP contribution in [0, 0.1) is 5.92 Å². The molecule has 2 N–H and O–H groups in total. The summed E-state index contributed by atoms with van der Waals surface area (Å²) >= 11 is 12.1. The van der Waals surface area contributed by atoms with Crippen LogP contribution in [0.25, 0.3) is 0 Å². The summed E-state index contributed by atoms with van der Waals surface area (Å²) in [6.07, 6.45) is 4.84. The predicted octanol–water partition coefficient (Wildman–Crippen LogP) is 3.80. The van der Waals surface area contributed by atoms with E-state index in [2.05, 4.69) is 15.5 Å². The van der Waals surface area contributed by atoms with E-state index in [1.165, 1.54) is 0 Å². The maximum absolute atomic E-state index is 15.2.